The molecular formula is C22H20O5S. The summed E-state index contributed by atoms with van der Waals surface area (Å²) in [5.74, 6) is 0.285. The van der Waals surface area contributed by atoms with Crippen LogP contribution < -0.4 is 0 Å². The van der Waals surface area contributed by atoms with E-state index < -0.39 is 10.4 Å². The van der Waals surface area contributed by atoms with Gasteiger partial charge in [-0.05, 0) is 22.8 Å². The van der Waals surface area contributed by atoms with Gasteiger partial charge < -0.3 is 5.11 Å². The predicted octanol–water partition coefficient (Wildman–Crippen LogP) is 5.08. The van der Waals surface area contributed by atoms with E-state index in [4.69, 9.17) is 17.5 Å². The number of phenols is 1. The number of aromatic hydroxyl groups is 1. The van der Waals surface area contributed by atoms with E-state index in [0.29, 0.717) is 0 Å². The summed E-state index contributed by atoms with van der Waals surface area (Å²) in [5.41, 5.74) is 4.05. The van der Waals surface area contributed by atoms with Gasteiger partial charge in [-0.3, -0.25) is 9.11 Å². The number of phenolic OH excluding ortho intramolecular Hbond substituents is 1. The van der Waals surface area contributed by atoms with E-state index in [1.54, 1.807) is 6.07 Å². The molecule has 0 atom stereocenters. The Bertz CT molecular complexity index is 1030. The van der Waals surface area contributed by atoms with Gasteiger partial charge >= 0.3 is 10.4 Å². The van der Waals surface area contributed by atoms with Crippen molar-refractivity contribution >= 4 is 34.7 Å². The van der Waals surface area contributed by atoms with Crippen LogP contribution in [0.2, 0.25) is 0 Å². The molecule has 0 unspecified atom stereocenters. The van der Waals surface area contributed by atoms with Gasteiger partial charge in [0, 0.05) is 5.56 Å². The van der Waals surface area contributed by atoms with Crippen molar-refractivity contribution in [2.75, 3.05) is 0 Å². The lowest BCUT2D eigenvalue weighted by Crippen LogP contribution is -1.89. The molecule has 0 saturated heterocycles. The highest BCUT2D eigenvalue weighted by Gasteiger charge is 2.02. The van der Waals surface area contributed by atoms with E-state index in [1.165, 1.54) is 0 Å². The molecule has 0 aliphatic heterocycles. The summed E-state index contributed by atoms with van der Waals surface area (Å²) in [6.45, 7) is 0. The van der Waals surface area contributed by atoms with E-state index in [0.717, 1.165) is 22.3 Å². The summed E-state index contributed by atoms with van der Waals surface area (Å²) in [6.07, 6.45) is 8.04. The largest absolute Gasteiger partial charge is 0.507 e. The Morgan fingerprint density at radius 3 is 1.57 bits per heavy atom. The van der Waals surface area contributed by atoms with Crippen LogP contribution in [0.3, 0.4) is 0 Å². The highest BCUT2D eigenvalue weighted by atomic mass is 32.3. The lowest BCUT2D eigenvalue weighted by Gasteiger charge is -2.04. The highest BCUT2D eigenvalue weighted by Crippen LogP contribution is 2.25. The van der Waals surface area contributed by atoms with Crippen LogP contribution >= 0.6 is 0 Å². The van der Waals surface area contributed by atoms with Gasteiger partial charge in [-0.1, -0.05) is 97.1 Å². The van der Waals surface area contributed by atoms with Crippen LogP contribution in [-0.2, 0) is 10.4 Å². The molecular weight excluding hydrogens is 376 g/mol. The summed E-state index contributed by atoms with van der Waals surface area (Å²) in [6, 6.07) is 25.8. The van der Waals surface area contributed by atoms with Crippen molar-refractivity contribution in [3.05, 3.63) is 101 Å². The molecule has 5 nitrogen and oxygen atoms in total. The van der Waals surface area contributed by atoms with E-state index in [1.807, 2.05) is 78.9 Å². The van der Waals surface area contributed by atoms with Crippen LogP contribution in [0, 0.1) is 0 Å². The van der Waals surface area contributed by atoms with Crippen molar-refractivity contribution in [2.45, 2.75) is 0 Å². The third kappa shape index (κ3) is 8.01. The van der Waals surface area contributed by atoms with E-state index >= 15 is 0 Å². The number of hydrogen-bond acceptors (Lipinski definition) is 3. The Kier molecular flexibility index (Phi) is 7.71. The van der Waals surface area contributed by atoms with E-state index in [2.05, 4.69) is 18.2 Å². The molecule has 0 aliphatic rings. The van der Waals surface area contributed by atoms with Crippen molar-refractivity contribution in [1.82, 2.24) is 0 Å². The minimum absolute atomic E-state index is 0.285. The summed E-state index contributed by atoms with van der Waals surface area (Å²) in [4.78, 5) is 0. The molecule has 6 heteroatoms. The Balaban J connectivity index is 0.000000500. The predicted molar refractivity (Wildman–Crippen MR) is 113 cm³/mol. The maximum Gasteiger partial charge on any atom is 0.394 e. The van der Waals surface area contributed by atoms with Crippen molar-refractivity contribution in [2.24, 2.45) is 0 Å². The maximum absolute atomic E-state index is 10.2. The van der Waals surface area contributed by atoms with Gasteiger partial charge in [0.25, 0.3) is 0 Å². The van der Waals surface area contributed by atoms with Gasteiger partial charge in [-0.2, -0.15) is 8.42 Å². The fourth-order valence-corrected chi connectivity index (χ4v) is 2.39. The summed E-state index contributed by atoms with van der Waals surface area (Å²) < 4.78 is 31.6. The Labute approximate surface area is 164 Å². The molecule has 0 bridgehead atoms. The molecule has 0 amide bonds. The lowest BCUT2D eigenvalue weighted by molar-refractivity contribution is 0.381. The van der Waals surface area contributed by atoms with E-state index in [-0.39, 0.29) is 5.75 Å². The van der Waals surface area contributed by atoms with Gasteiger partial charge in [-0.25, -0.2) is 0 Å². The first-order chi connectivity index (χ1) is 13.3. The molecule has 3 rings (SSSR count). The van der Waals surface area contributed by atoms with Crippen LogP contribution in [0.15, 0.2) is 78.9 Å². The molecule has 0 saturated carbocycles. The van der Waals surface area contributed by atoms with Crippen LogP contribution in [0.25, 0.3) is 24.3 Å². The van der Waals surface area contributed by atoms with Crippen molar-refractivity contribution in [3.63, 3.8) is 0 Å². The fourth-order valence-electron chi connectivity index (χ4n) is 2.39. The molecule has 3 aromatic carbocycles. The molecule has 0 radical (unpaired) electrons. The van der Waals surface area contributed by atoms with Crippen LogP contribution in [0.4, 0.5) is 0 Å². The minimum atomic E-state index is -4.67. The third-order valence-corrected chi connectivity index (χ3v) is 3.61. The average molecular weight is 396 g/mol. The zero-order valence-corrected chi connectivity index (χ0v) is 15.7. The molecule has 0 heterocycles. The monoisotopic (exact) mass is 396 g/mol. The smallest absolute Gasteiger partial charge is 0.394 e. The minimum Gasteiger partial charge on any atom is -0.507 e. The third-order valence-electron chi connectivity index (χ3n) is 3.61. The Morgan fingerprint density at radius 1 is 0.607 bits per heavy atom. The van der Waals surface area contributed by atoms with Gasteiger partial charge in [0.2, 0.25) is 0 Å². The van der Waals surface area contributed by atoms with Gasteiger partial charge in [0.05, 0.1) is 0 Å². The second-order valence-electron chi connectivity index (χ2n) is 5.72. The first-order valence-electron chi connectivity index (χ1n) is 8.31. The Hall–Kier alpha value is -3.19. The molecule has 144 valence electrons. The van der Waals surface area contributed by atoms with Crippen molar-refractivity contribution < 1.29 is 22.6 Å². The second-order valence-corrected chi connectivity index (χ2v) is 6.61. The topological polar surface area (TPSA) is 94.8 Å². The molecule has 0 fully saturated rings. The molecule has 0 spiro atoms. The van der Waals surface area contributed by atoms with Gasteiger partial charge in [0.15, 0.2) is 0 Å². The second kappa shape index (κ2) is 10.2. The summed E-state index contributed by atoms with van der Waals surface area (Å²) in [7, 11) is -4.67. The number of benzene rings is 3. The first kappa shape index (κ1) is 21.1. The van der Waals surface area contributed by atoms with Crippen LogP contribution in [-0.4, -0.2) is 22.6 Å². The first-order valence-corrected chi connectivity index (χ1v) is 9.71. The van der Waals surface area contributed by atoms with E-state index in [9.17, 15) is 5.11 Å². The number of rotatable bonds is 4. The maximum atomic E-state index is 10.2. The highest BCUT2D eigenvalue weighted by molar-refractivity contribution is 7.79. The van der Waals surface area contributed by atoms with Crippen molar-refractivity contribution in [1.29, 1.82) is 0 Å². The quantitative estimate of drug-likeness (QED) is 0.422. The normalized spacial score (nSPS) is 11.4. The van der Waals surface area contributed by atoms with Crippen LogP contribution in [0.1, 0.15) is 22.3 Å². The summed E-state index contributed by atoms with van der Waals surface area (Å²) in [5, 5.41) is 10.2. The fraction of sp³-hybridized carbons (Fsp3) is 0. The summed E-state index contributed by atoms with van der Waals surface area (Å²) >= 11 is 0. The zero-order chi connectivity index (χ0) is 20.4. The zero-order valence-electron chi connectivity index (χ0n) is 14.9. The average Bonchev–Trinajstić information content (AvgIpc) is 2.66. The SMILES string of the molecule is O=S(=O)(O)O.Oc1cccc(/C=C/c2ccccc2)c1/C=C/c1ccccc1. The molecule has 3 aromatic rings. The molecule has 3 N–H and O–H groups in total. The van der Waals surface area contributed by atoms with Gasteiger partial charge in [0.1, 0.15) is 5.75 Å². The molecule has 0 aliphatic carbocycles. The Morgan fingerprint density at radius 2 is 1.07 bits per heavy atom. The van der Waals surface area contributed by atoms with Gasteiger partial charge in [-0.15, -0.1) is 0 Å². The molecule has 0 aromatic heterocycles. The standard InChI is InChI=1S/C22H18O.H2O4S/c23-22-13-7-12-20(16-14-18-8-3-1-4-9-18)21(22)17-15-19-10-5-2-6-11-19;1-5(2,3)4/h1-17,23H;(H2,1,2,3,4)/b16-14+,17-15+;. The lowest BCUT2D eigenvalue weighted by atomic mass is 10.0. The number of hydrogen-bond donors (Lipinski definition) is 3. The van der Waals surface area contributed by atoms with Crippen LogP contribution in [0.5, 0.6) is 5.75 Å². The van der Waals surface area contributed by atoms with Crippen molar-refractivity contribution in [3.8, 4) is 5.75 Å². The molecule has 28 heavy (non-hydrogen) atoms.